The molecule has 2 fully saturated rings. The lowest BCUT2D eigenvalue weighted by molar-refractivity contribution is -0.127. The van der Waals surface area contributed by atoms with Gasteiger partial charge < -0.3 is 16.0 Å². The van der Waals surface area contributed by atoms with E-state index in [0.717, 1.165) is 38.5 Å². The molecular formula is C14H29Cl2N3O. The monoisotopic (exact) mass is 325 g/mol. The molecule has 2 rings (SSSR count). The van der Waals surface area contributed by atoms with Crippen molar-refractivity contribution < 1.29 is 4.79 Å². The van der Waals surface area contributed by atoms with Crippen molar-refractivity contribution in [3.8, 4) is 0 Å². The largest absolute Gasteiger partial charge is 0.352 e. The van der Waals surface area contributed by atoms with E-state index >= 15 is 0 Å². The zero-order chi connectivity index (χ0) is 13.2. The van der Waals surface area contributed by atoms with Gasteiger partial charge in [0, 0.05) is 12.1 Å². The van der Waals surface area contributed by atoms with Crippen LogP contribution in [0.15, 0.2) is 0 Å². The van der Waals surface area contributed by atoms with Gasteiger partial charge in [0.1, 0.15) is 0 Å². The van der Waals surface area contributed by atoms with Gasteiger partial charge in [-0.25, -0.2) is 0 Å². The van der Waals surface area contributed by atoms with E-state index in [1.165, 1.54) is 12.8 Å². The van der Waals surface area contributed by atoms with Crippen LogP contribution in [0.3, 0.4) is 0 Å². The Morgan fingerprint density at radius 3 is 2.30 bits per heavy atom. The maximum Gasteiger partial charge on any atom is 0.240 e. The molecule has 0 heterocycles. The van der Waals surface area contributed by atoms with Crippen LogP contribution < -0.4 is 11.1 Å². The minimum absolute atomic E-state index is 0. The van der Waals surface area contributed by atoms with Crippen LogP contribution in [0.2, 0.25) is 0 Å². The average molecular weight is 326 g/mol. The van der Waals surface area contributed by atoms with E-state index < -0.39 is 5.54 Å². The van der Waals surface area contributed by atoms with Gasteiger partial charge in [0.05, 0.1) is 5.54 Å². The SMILES string of the molecule is CN(C)C1CCCC(NC(=O)C2(N)CCCC2)C1.Cl.Cl. The number of hydrogen-bond acceptors (Lipinski definition) is 3. The number of carbonyl (C=O) groups excluding carboxylic acids is 1. The predicted molar refractivity (Wildman–Crippen MR) is 87.8 cm³/mol. The van der Waals surface area contributed by atoms with Gasteiger partial charge in [-0.2, -0.15) is 0 Å². The first kappa shape index (κ1) is 20.0. The summed E-state index contributed by atoms with van der Waals surface area (Å²) in [6.07, 6.45) is 8.49. The molecule has 0 aromatic heterocycles. The van der Waals surface area contributed by atoms with E-state index in [2.05, 4.69) is 24.3 Å². The standard InChI is InChI=1S/C14H27N3O.2ClH/c1-17(2)12-7-5-6-11(10-12)16-13(18)14(15)8-3-4-9-14;;/h11-12H,3-10,15H2,1-2H3,(H,16,18);2*1H. The van der Waals surface area contributed by atoms with Crippen molar-refractivity contribution in [2.24, 2.45) is 5.73 Å². The number of rotatable bonds is 3. The zero-order valence-electron chi connectivity index (χ0n) is 12.6. The van der Waals surface area contributed by atoms with E-state index in [1.54, 1.807) is 0 Å². The van der Waals surface area contributed by atoms with Crippen molar-refractivity contribution in [1.82, 2.24) is 10.2 Å². The van der Waals surface area contributed by atoms with E-state index in [1.807, 2.05) is 0 Å². The summed E-state index contributed by atoms with van der Waals surface area (Å²) in [5.41, 5.74) is 5.61. The number of nitrogens with two attached hydrogens (primary N) is 1. The Labute approximate surface area is 135 Å². The molecule has 0 aromatic rings. The van der Waals surface area contributed by atoms with Gasteiger partial charge in [-0.3, -0.25) is 4.79 Å². The van der Waals surface area contributed by atoms with Gasteiger partial charge in [-0.15, -0.1) is 24.8 Å². The van der Waals surface area contributed by atoms with Crippen molar-refractivity contribution in [2.75, 3.05) is 14.1 Å². The Kier molecular flexibility index (Phi) is 8.41. The van der Waals surface area contributed by atoms with Gasteiger partial charge >= 0.3 is 0 Å². The van der Waals surface area contributed by atoms with Crippen LogP contribution in [0, 0.1) is 0 Å². The fraction of sp³-hybridized carbons (Fsp3) is 0.929. The van der Waals surface area contributed by atoms with Crippen molar-refractivity contribution >= 4 is 30.7 Å². The second-order valence-electron chi connectivity index (χ2n) is 6.32. The Morgan fingerprint density at radius 2 is 1.75 bits per heavy atom. The van der Waals surface area contributed by atoms with Crippen molar-refractivity contribution in [3.63, 3.8) is 0 Å². The third-order valence-corrected chi connectivity index (χ3v) is 4.66. The highest BCUT2D eigenvalue weighted by Crippen LogP contribution is 2.28. The van der Waals surface area contributed by atoms with Crippen molar-refractivity contribution in [2.45, 2.75) is 69.0 Å². The summed E-state index contributed by atoms with van der Waals surface area (Å²) in [5.74, 6) is 0.0874. The first-order chi connectivity index (χ1) is 8.51. The molecule has 0 radical (unpaired) electrons. The van der Waals surface area contributed by atoms with Crippen LogP contribution in [0.25, 0.3) is 0 Å². The Balaban J connectivity index is 0.00000180. The highest BCUT2D eigenvalue weighted by atomic mass is 35.5. The third kappa shape index (κ3) is 4.76. The fourth-order valence-corrected chi connectivity index (χ4v) is 3.33. The van der Waals surface area contributed by atoms with Crippen LogP contribution in [0.1, 0.15) is 51.4 Å². The number of halogens is 2. The molecule has 2 atom stereocenters. The zero-order valence-corrected chi connectivity index (χ0v) is 14.2. The molecule has 2 aliphatic carbocycles. The molecular weight excluding hydrogens is 297 g/mol. The highest BCUT2D eigenvalue weighted by molar-refractivity contribution is 5.86. The van der Waals surface area contributed by atoms with Crippen LogP contribution in [0.4, 0.5) is 0 Å². The highest BCUT2D eigenvalue weighted by Gasteiger charge is 2.38. The molecule has 2 aliphatic rings. The molecule has 4 nitrogen and oxygen atoms in total. The summed E-state index contributed by atoms with van der Waals surface area (Å²) in [7, 11) is 4.24. The minimum Gasteiger partial charge on any atom is -0.352 e. The summed E-state index contributed by atoms with van der Waals surface area (Å²) >= 11 is 0. The lowest BCUT2D eigenvalue weighted by Crippen LogP contribution is -2.55. The number of hydrogen-bond donors (Lipinski definition) is 2. The van der Waals surface area contributed by atoms with Gasteiger partial charge in [-0.05, 0) is 52.6 Å². The number of amides is 1. The van der Waals surface area contributed by atoms with E-state index in [4.69, 9.17) is 5.73 Å². The Morgan fingerprint density at radius 1 is 1.15 bits per heavy atom. The Hall–Kier alpha value is -0.0300. The molecule has 1 amide bonds. The predicted octanol–water partition coefficient (Wildman–Crippen LogP) is 2.09. The molecule has 20 heavy (non-hydrogen) atoms. The van der Waals surface area contributed by atoms with Crippen LogP contribution in [-0.2, 0) is 4.79 Å². The first-order valence-corrected chi connectivity index (χ1v) is 7.27. The smallest absolute Gasteiger partial charge is 0.240 e. The lowest BCUT2D eigenvalue weighted by Gasteiger charge is -2.35. The van der Waals surface area contributed by atoms with Crippen molar-refractivity contribution in [3.05, 3.63) is 0 Å². The second-order valence-corrected chi connectivity index (χ2v) is 6.32. The summed E-state index contributed by atoms with van der Waals surface area (Å²) in [6, 6.07) is 0.918. The molecule has 0 saturated heterocycles. The maximum atomic E-state index is 12.3. The summed E-state index contributed by atoms with van der Waals surface area (Å²) in [6.45, 7) is 0. The van der Waals surface area contributed by atoms with Gasteiger partial charge in [-0.1, -0.05) is 12.8 Å². The number of nitrogens with zero attached hydrogens (tertiary/aromatic N) is 1. The van der Waals surface area contributed by atoms with Crippen LogP contribution in [0.5, 0.6) is 0 Å². The minimum atomic E-state index is -0.578. The van der Waals surface area contributed by atoms with Crippen LogP contribution >= 0.6 is 24.8 Å². The van der Waals surface area contributed by atoms with E-state index in [9.17, 15) is 4.79 Å². The molecule has 0 aromatic carbocycles. The molecule has 3 N–H and O–H groups in total. The van der Waals surface area contributed by atoms with E-state index in [-0.39, 0.29) is 30.7 Å². The normalized spacial score (nSPS) is 28.4. The lowest BCUT2D eigenvalue weighted by atomic mass is 9.89. The summed E-state index contributed by atoms with van der Waals surface area (Å²) in [4.78, 5) is 14.5. The molecule has 2 unspecified atom stereocenters. The quantitative estimate of drug-likeness (QED) is 0.835. The number of nitrogens with one attached hydrogen (secondary N) is 1. The van der Waals surface area contributed by atoms with Crippen LogP contribution in [-0.4, -0.2) is 42.5 Å². The number of carbonyl (C=O) groups is 1. The molecule has 120 valence electrons. The molecule has 0 aliphatic heterocycles. The molecule has 2 saturated carbocycles. The topological polar surface area (TPSA) is 58.4 Å². The maximum absolute atomic E-state index is 12.3. The Bertz CT molecular complexity index is 307. The van der Waals surface area contributed by atoms with E-state index in [0.29, 0.717) is 12.1 Å². The molecule has 6 heteroatoms. The summed E-state index contributed by atoms with van der Waals surface area (Å²) in [5, 5.41) is 3.20. The molecule has 0 bridgehead atoms. The van der Waals surface area contributed by atoms with Gasteiger partial charge in [0.2, 0.25) is 5.91 Å². The first-order valence-electron chi connectivity index (χ1n) is 7.27. The van der Waals surface area contributed by atoms with Gasteiger partial charge in [0.25, 0.3) is 0 Å². The van der Waals surface area contributed by atoms with Gasteiger partial charge in [0.15, 0.2) is 0 Å². The average Bonchev–Trinajstić information content (AvgIpc) is 2.78. The second kappa shape index (κ2) is 8.42. The summed E-state index contributed by atoms with van der Waals surface area (Å²) < 4.78 is 0. The molecule has 0 spiro atoms. The fourth-order valence-electron chi connectivity index (χ4n) is 3.33. The third-order valence-electron chi connectivity index (χ3n) is 4.66. The van der Waals surface area contributed by atoms with Crippen molar-refractivity contribution in [1.29, 1.82) is 0 Å².